The summed E-state index contributed by atoms with van der Waals surface area (Å²) in [5.74, 6) is 1.22. The van der Waals surface area contributed by atoms with E-state index in [0.717, 1.165) is 28.5 Å². The number of amides is 1. The van der Waals surface area contributed by atoms with Crippen LogP contribution in [0.5, 0.6) is 11.5 Å². The zero-order valence-electron chi connectivity index (χ0n) is 16.4. The molecule has 29 heavy (non-hydrogen) atoms. The summed E-state index contributed by atoms with van der Waals surface area (Å²) in [6.45, 7) is 1.10. The zero-order chi connectivity index (χ0) is 20.4. The standard InChI is InChI=1S/C23H22N2O4/c1-28-20-12-15-9-10-25(14-18(15)13-21(20)29-2)22(26)8-7-17-11-16-5-3-4-6-19(16)24-23(17)27/h3-8,11-13H,9-10,14H2,1-2H3,(H,24,27)/b8-7+. The van der Waals surface area contributed by atoms with Gasteiger partial charge in [-0.2, -0.15) is 0 Å². The minimum Gasteiger partial charge on any atom is -0.493 e. The van der Waals surface area contributed by atoms with E-state index in [1.165, 1.54) is 6.08 Å². The van der Waals surface area contributed by atoms with Gasteiger partial charge < -0.3 is 19.4 Å². The predicted octanol–water partition coefficient (Wildman–Crippen LogP) is 3.14. The van der Waals surface area contributed by atoms with Crippen molar-refractivity contribution in [3.63, 3.8) is 0 Å². The maximum absolute atomic E-state index is 12.7. The lowest BCUT2D eigenvalue weighted by molar-refractivity contribution is -0.126. The van der Waals surface area contributed by atoms with E-state index in [-0.39, 0.29) is 11.5 Å². The number of benzene rings is 2. The molecular weight excluding hydrogens is 368 g/mol. The molecule has 1 amide bonds. The van der Waals surface area contributed by atoms with Crippen LogP contribution in [0.1, 0.15) is 16.7 Å². The third kappa shape index (κ3) is 3.74. The molecule has 6 nitrogen and oxygen atoms in total. The van der Waals surface area contributed by atoms with Crippen molar-refractivity contribution >= 4 is 22.9 Å². The Labute approximate surface area is 168 Å². The van der Waals surface area contributed by atoms with Crippen LogP contribution in [0.25, 0.3) is 17.0 Å². The average Bonchev–Trinajstić information content (AvgIpc) is 2.75. The lowest BCUT2D eigenvalue weighted by Gasteiger charge is -2.28. The van der Waals surface area contributed by atoms with Gasteiger partial charge >= 0.3 is 0 Å². The number of pyridine rings is 1. The second-order valence-electron chi connectivity index (χ2n) is 6.96. The monoisotopic (exact) mass is 390 g/mol. The molecule has 0 unspecified atom stereocenters. The van der Waals surface area contributed by atoms with Crippen molar-refractivity contribution in [2.45, 2.75) is 13.0 Å². The first-order chi connectivity index (χ1) is 14.1. The number of aromatic amines is 1. The fraction of sp³-hybridized carbons (Fsp3) is 0.217. The van der Waals surface area contributed by atoms with Crippen LogP contribution in [0.15, 0.2) is 53.3 Å². The lowest BCUT2D eigenvalue weighted by atomic mass is 9.98. The van der Waals surface area contributed by atoms with E-state index in [0.29, 0.717) is 30.2 Å². The quantitative estimate of drug-likeness (QED) is 0.695. The molecule has 2 heterocycles. The predicted molar refractivity (Wildman–Crippen MR) is 112 cm³/mol. The first kappa shape index (κ1) is 18.8. The summed E-state index contributed by atoms with van der Waals surface area (Å²) in [7, 11) is 3.21. The number of H-pyrrole nitrogens is 1. The van der Waals surface area contributed by atoms with Crippen LogP contribution in [0.4, 0.5) is 0 Å². The number of para-hydroxylation sites is 1. The molecule has 3 aromatic rings. The Morgan fingerprint density at radius 1 is 1.07 bits per heavy atom. The largest absolute Gasteiger partial charge is 0.493 e. The molecule has 148 valence electrons. The van der Waals surface area contributed by atoms with Gasteiger partial charge in [0.1, 0.15) is 0 Å². The lowest BCUT2D eigenvalue weighted by Crippen LogP contribution is -2.34. The minimum absolute atomic E-state index is 0.127. The van der Waals surface area contributed by atoms with E-state index >= 15 is 0 Å². The molecule has 1 aliphatic heterocycles. The van der Waals surface area contributed by atoms with Gasteiger partial charge in [-0.25, -0.2) is 0 Å². The average molecular weight is 390 g/mol. The molecule has 1 aliphatic rings. The van der Waals surface area contributed by atoms with E-state index in [1.807, 2.05) is 36.4 Å². The zero-order valence-corrected chi connectivity index (χ0v) is 16.4. The van der Waals surface area contributed by atoms with Gasteiger partial charge in [0.2, 0.25) is 5.91 Å². The fourth-order valence-corrected chi connectivity index (χ4v) is 3.63. The van der Waals surface area contributed by atoms with Crippen molar-refractivity contribution < 1.29 is 14.3 Å². The number of carbonyl (C=O) groups excluding carboxylic acids is 1. The van der Waals surface area contributed by atoms with Gasteiger partial charge in [-0.3, -0.25) is 9.59 Å². The van der Waals surface area contributed by atoms with Crippen molar-refractivity contribution in [2.24, 2.45) is 0 Å². The number of hydrogen-bond acceptors (Lipinski definition) is 4. The number of ether oxygens (including phenoxy) is 2. The van der Waals surface area contributed by atoms with Crippen LogP contribution >= 0.6 is 0 Å². The Morgan fingerprint density at radius 2 is 1.79 bits per heavy atom. The molecular formula is C23H22N2O4. The number of nitrogens with zero attached hydrogens (tertiary/aromatic N) is 1. The molecule has 0 fully saturated rings. The highest BCUT2D eigenvalue weighted by molar-refractivity contribution is 5.92. The third-order valence-electron chi connectivity index (χ3n) is 5.22. The maximum atomic E-state index is 12.7. The van der Waals surface area contributed by atoms with Crippen LogP contribution in [0.3, 0.4) is 0 Å². The summed E-state index contributed by atoms with van der Waals surface area (Å²) in [6.07, 6.45) is 3.79. The number of aromatic nitrogens is 1. The van der Waals surface area contributed by atoms with E-state index in [4.69, 9.17) is 9.47 Å². The first-order valence-electron chi connectivity index (χ1n) is 9.42. The molecule has 0 aliphatic carbocycles. The van der Waals surface area contributed by atoms with Gasteiger partial charge in [-0.1, -0.05) is 18.2 Å². The minimum atomic E-state index is -0.214. The molecule has 1 N–H and O–H groups in total. The SMILES string of the molecule is COc1cc2c(cc1OC)CN(C(=O)/C=C/c1cc3ccccc3[nH]c1=O)CC2. The van der Waals surface area contributed by atoms with E-state index in [2.05, 4.69) is 4.98 Å². The Balaban J connectivity index is 1.54. The normalized spacial score (nSPS) is 13.5. The highest BCUT2D eigenvalue weighted by Crippen LogP contribution is 2.33. The Hall–Kier alpha value is -3.54. The molecule has 0 saturated heterocycles. The van der Waals surface area contributed by atoms with Crippen LogP contribution in [-0.4, -0.2) is 36.6 Å². The van der Waals surface area contributed by atoms with Gasteiger partial charge in [-0.15, -0.1) is 0 Å². The fourth-order valence-electron chi connectivity index (χ4n) is 3.63. The number of rotatable bonds is 4. The van der Waals surface area contributed by atoms with Crippen molar-refractivity contribution in [1.29, 1.82) is 0 Å². The first-order valence-corrected chi connectivity index (χ1v) is 9.42. The molecule has 0 radical (unpaired) electrons. The summed E-state index contributed by atoms with van der Waals surface area (Å²) >= 11 is 0. The third-order valence-corrected chi connectivity index (χ3v) is 5.22. The molecule has 0 saturated carbocycles. The van der Waals surface area contributed by atoms with Crippen molar-refractivity contribution in [1.82, 2.24) is 9.88 Å². The van der Waals surface area contributed by atoms with E-state index in [9.17, 15) is 9.59 Å². The van der Waals surface area contributed by atoms with Crippen molar-refractivity contribution in [2.75, 3.05) is 20.8 Å². The summed E-state index contributed by atoms with van der Waals surface area (Å²) < 4.78 is 10.7. The molecule has 0 bridgehead atoms. The number of carbonyl (C=O) groups is 1. The highest BCUT2D eigenvalue weighted by Gasteiger charge is 2.21. The second kappa shape index (κ2) is 7.83. The number of nitrogens with one attached hydrogen (secondary N) is 1. The number of hydrogen-bond donors (Lipinski definition) is 1. The molecule has 0 atom stereocenters. The van der Waals surface area contributed by atoms with Gasteiger partial charge in [-0.05, 0) is 53.3 Å². The van der Waals surface area contributed by atoms with Gasteiger partial charge in [0.05, 0.1) is 14.2 Å². The topological polar surface area (TPSA) is 71.6 Å². The molecule has 4 rings (SSSR count). The summed E-state index contributed by atoms with van der Waals surface area (Å²) in [5, 5.41) is 0.923. The van der Waals surface area contributed by atoms with Gasteiger partial charge in [0.25, 0.3) is 5.56 Å². The summed E-state index contributed by atoms with van der Waals surface area (Å²) in [5.41, 5.74) is 3.22. The van der Waals surface area contributed by atoms with Crippen LogP contribution < -0.4 is 15.0 Å². The molecule has 0 spiro atoms. The molecule has 1 aromatic heterocycles. The maximum Gasteiger partial charge on any atom is 0.255 e. The van der Waals surface area contributed by atoms with E-state index < -0.39 is 0 Å². The van der Waals surface area contributed by atoms with Crippen LogP contribution in [-0.2, 0) is 17.8 Å². The van der Waals surface area contributed by atoms with Gasteiger partial charge in [0, 0.05) is 30.2 Å². The molecule has 2 aromatic carbocycles. The Kier molecular flexibility index (Phi) is 5.08. The Morgan fingerprint density at radius 3 is 2.55 bits per heavy atom. The van der Waals surface area contributed by atoms with Crippen molar-refractivity contribution in [3.05, 3.63) is 75.6 Å². The second-order valence-corrected chi connectivity index (χ2v) is 6.96. The number of methoxy groups -OCH3 is 2. The summed E-state index contributed by atoms with van der Waals surface area (Å²) in [6, 6.07) is 13.2. The smallest absolute Gasteiger partial charge is 0.255 e. The van der Waals surface area contributed by atoms with Crippen LogP contribution in [0.2, 0.25) is 0 Å². The highest BCUT2D eigenvalue weighted by atomic mass is 16.5. The molecule has 6 heteroatoms. The number of fused-ring (bicyclic) bond motifs is 2. The van der Waals surface area contributed by atoms with Crippen molar-refractivity contribution in [3.8, 4) is 11.5 Å². The summed E-state index contributed by atoms with van der Waals surface area (Å²) in [4.78, 5) is 29.6. The van der Waals surface area contributed by atoms with E-state index in [1.54, 1.807) is 31.3 Å². The Bertz CT molecular complexity index is 1160. The van der Waals surface area contributed by atoms with Crippen LogP contribution in [0, 0.1) is 0 Å². The van der Waals surface area contributed by atoms with Gasteiger partial charge in [0.15, 0.2) is 11.5 Å².